The first-order valence-electron chi connectivity index (χ1n) is 7.19. The number of nitrogens with one attached hydrogen (secondary N) is 1. The van der Waals surface area contributed by atoms with Crippen LogP contribution in [0.15, 0.2) is 55.1 Å². The third kappa shape index (κ3) is 4.19. The Hall–Kier alpha value is -3.23. The highest BCUT2D eigenvalue weighted by molar-refractivity contribution is 6.03. The van der Waals surface area contributed by atoms with Crippen molar-refractivity contribution < 1.29 is 18.0 Å². The number of rotatable bonds is 4. The summed E-state index contributed by atoms with van der Waals surface area (Å²) >= 11 is 0. The number of amides is 1. The zero-order valence-corrected chi connectivity index (χ0v) is 12.7. The zero-order chi connectivity index (χ0) is 17.9. The molecule has 1 amide bonds. The number of halogens is 3. The second-order valence-electron chi connectivity index (χ2n) is 5.13. The quantitative estimate of drug-likeness (QED) is 0.787. The number of anilines is 1. The molecule has 0 aliphatic heterocycles. The molecule has 0 radical (unpaired) electrons. The average Bonchev–Trinajstić information content (AvgIpc) is 3.05. The van der Waals surface area contributed by atoms with E-state index in [0.29, 0.717) is 16.9 Å². The first-order valence-corrected chi connectivity index (χ1v) is 7.19. The van der Waals surface area contributed by atoms with Crippen LogP contribution >= 0.6 is 0 Å². The van der Waals surface area contributed by atoms with Gasteiger partial charge in [-0.2, -0.15) is 18.3 Å². The summed E-state index contributed by atoms with van der Waals surface area (Å²) in [6, 6.07) is 7.39. The van der Waals surface area contributed by atoms with Gasteiger partial charge in [-0.1, -0.05) is 0 Å². The maximum absolute atomic E-state index is 12.5. The molecule has 3 heterocycles. The van der Waals surface area contributed by atoms with Gasteiger partial charge in [0.2, 0.25) is 0 Å². The standard InChI is InChI=1S/C16H12F3N5O/c17-16(18,19)14-5-7-24(23-14)10-13-4-3-11(8-21-13)15(25)22-12-2-1-6-20-9-12/h1-9H,10H2,(H,22,25). The van der Waals surface area contributed by atoms with Gasteiger partial charge in [-0.15, -0.1) is 0 Å². The summed E-state index contributed by atoms with van der Waals surface area (Å²) < 4.78 is 38.7. The molecule has 0 unspecified atom stereocenters. The minimum atomic E-state index is -4.48. The topological polar surface area (TPSA) is 72.7 Å². The number of carbonyl (C=O) groups excluding carboxylic acids is 1. The van der Waals surface area contributed by atoms with Crippen molar-refractivity contribution in [2.75, 3.05) is 5.32 Å². The Kier molecular flexibility index (Phi) is 4.46. The van der Waals surface area contributed by atoms with E-state index in [2.05, 4.69) is 20.4 Å². The van der Waals surface area contributed by atoms with E-state index in [0.717, 1.165) is 10.7 Å². The Labute approximate surface area is 140 Å². The van der Waals surface area contributed by atoms with Crippen LogP contribution in [0.5, 0.6) is 0 Å². The molecule has 0 aliphatic carbocycles. The molecule has 0 atom stereocenters. The third-order valence-electron chi connectivity index (χ3n) is 3.26. The summed E-state index contributed by atoms with van der Waals surface area (Å²) in [4.78, 5) is 20.1. The molecule has 1 N–H and O–H groups in total. The van der Waals surface area contributed by atoms with Crippen molar-refractivity contribution in [2.24, 2.45) is 0 Å². The number of hydrogen-bond donors (Lipinski definition) is 1. The lowest BCUT2D eigenvalue weighted by Gasteiger charge is -2.06. The first kappa shape index (κ1) is 16.6. The molecule has 9 heteroatoms. The van der Waals surface area contributed by atoms with E-state index in [-0.39, 0.29) is 12.5 Å². The summed E-state index contributed by atoms with van der Waals surface area (Å²) in [5.74, 6) is -0.356. The first-order chi connectivity index (χ1) is 11.9. The molecule has 3 aromatic rings. The van der Waals surface area contributed by atoms with Gasteiger partial charge in [0.05, 0.1) is 29.7 Å². The molecule has 0 saturated carbocycles. The van der Waals surface area contributed by atoms with E-state index in [1.807, 2.05) is 0 Å². The minimum Gasteiger partial charge on any atom is -0.321 e. The molecule has 0 aliphatic rings. The SMILES string of the molecule is O=C(Nc1cccnc1)c1ccc(Cn2ccc(C(F)(F)F)n2)nc1. The van der Waals surface area contributed by atoms with E-state index in [1.54, 1.807) is 30.5 Å². The lowest BCUT2D eigenvalue weighted by Crippen LogP contribution is -2.13. The van der Waals surface area contributed by atoms with Crippen LogP contribution in [0.25, 0.3) is 0 Å². The zero-order valence-electron chi connectivity index (χ0n) is 12.7. The predicted octanol–water partition coefficient (Wildman–Crippen LogP) is 2.99. The number of alkyl halides is 3. The lowest BCUT2D eigenvalue weighted by atomic mass is 10.2. The molecule has 0 saturated heterocycles. The molecule has 0 fully saturated rings. The summed E-state index contributed by atoms with van der Waals surface area (Å²) in [6.45, 7) is 0.0700. The Morgan fingerprint density at radius 1 is 1.16 bits per heavy atom. The Balaban J connectivity index is 1.66. The van der Waals surface area contributed by atoms with Crippen molar-refractivity contribution in [2.45, 2.75) is 12.7 Å². The fraction of sp³-hybridized carbons (Fsp3) is 0.125. The van der Waals surface area contributed by atoms with Crippen molar-refractivity contribution in [3.05, 3.63) is 72.1 Å². The van der Waals surface area contributed by atoms with Gasteiger partial charge in [0.15, 0.2) is 5.69 Å². The summed E-state index contributed by atoms with van der Waals surface area (Å²) in [5, 5.41) is 6.12. The maximum Gasteiger partial charge on any atom is 0.435 e. The van der Waals surface area contributed by atoms with Gasteiger partial charge in [-0.25, -0.2) is 0 Å². The average molecular weight is 347 g/mol. The molecule has 128 valence electrons. The van der Waals surface area contributed by atoms with Crippen LogP contribution in [-0.2, 0) is 12.7 Å². The van der Waals surface area contributed by atoms with Crippen molar-refractivity contribution in [1.29, 1.82) is 0 Å². The molecule has 3 rings (SSSR count). The van der Waals surface area contributed by atoms with Gasteiger partial charge in [-0.3, -0.25) is 19.4 Å². The number of nitrogens with zero attached hydrogens (tertiary/aromatic N) is 4. The van der Waals surface area contributed by atoms with Crippen molar-refractivity contribution in [1.82, 2.24) is 19.7 Å². The van der Waals surface area contributed by atoms with Crippen molar-refractivity contribution in [3.63, 3.8) is 0 Å². The summed E-state index contributed by atoms with van der Waals surface area (Å²) in [5.41, 5.74) is 0.395. The fourth-order valence-electron chi connectivity index (χ4n) is 2.06. The van der Waals surface area contributed by atoms with Gasteiger partial charge in [-0.05, 0) is 30.3 Å². The van der Waals surface area contributed by atoms with Gasteiger partial charge in [0, 0.05) is 18.6 Å². The minimum absolute atomic E-state index is 0.0700. The van der Waals surface area contributed by atoms with Crippen LogP contribution in [0.2, 0.25) is 0 Å². The molecular formula is C16H12F3N5O. The number of carbonyl (C=O) groups is 1. The van der Waals surface area contributed by atoms with Crippen molar-refractivity contribution in [3.8, 4) is 0 Å². The second-order valence-corrected chi connectivity index (χ2v) is 5.13. The number of pyridine rings is 2. The predicted molar refractivity (Wildman–Crippen MR) is 82.8 cm³/mol. The van der Waals surface area contributed by atoms with Crippen LogP contribution in [0, 0.1) is 0 Å². The lowest BCUT2D eigenvalue weighted by molar-refractivity contribution is -0.141. The monoisotopic (exact) mass is 347 g/mol. The molecule has 0 bridgehead atoms. The molecule has 25 heavy (non-hydrogen) atoms. The van der Waals surface area contributed by atoms with E-state index in [9.17, 15) is 18.0 Å². The van der Waals surface area contributed by atoms with E-state index in [1.165, 1.54) is 18.6 Å². The Morgan fingerprint density at radius 3 is 2.60 bits per heavy atom. The third-order valence-corrected chi connectivity index (χ3v) is 3.26. The van der Waals surface area contributed by atoms with Gasteiger partial charge >= 0.3 is 6.18 Å². The largest absolute Gasteiger partial charge is 0.435 e. The molecule has 3 aromatic heterocycles. The van der Waals surface area contributed by atoms with Crippen LogP contribution < -0.4 is 5.32 Å². The molecular weight excluding hydrogens is 335 g/mol. The highest BCUT2D eigenvalue weighted by Crippen LogP contribution is 2.27. The summed E-state index contributed by atoms with van der Waals surface area (Å²) in [6.07, 6.45) is 1.21. The summed E-state index contributed by atoms with van der Waals surface area (Å²) in [7, 11) is 0. The van der Waals surface area contributed by atoms with Crippen LogP contribution in [0.1, 0.15) is 21.7 Å². The molecule has 0 spiro atoms. The van der Waals surface area contributed by atoms with E-state index >= 15 is 0 Å². The van der Waals surface area contributed by atoms with E-state index < -0.39 is 11.9 Å². The van der Waals surface area contributed by atoms with Crippen molar-refractivity contribution >= 4 is 11.6 Å². The van der Waals surface area contributed by atoms with E-state index in [4.69, 9.17) is 0 Å². The second kappa shape index (κ2) is 6.71. The Morgan fingerprint density at radius 2 is 2.00 bits per heavy atom. The van der Waals surface area contributed by atoms with Gasteiger partial charge in [0.25, 0.3) is 5.91 Å². The highest BCUT2D eigenvalue weighted by atomic mass is 19.4. The highest BCUT2D eigenvalue weighted by Gasteiger charge is 2.33. The molecule has 0 aromatic carbocycles. The maximum atomic E-state index is 12.5. The number of hydrogen-bond acceptors (Lipinski definition) is 4. The normalized spacial score (nSPS) is 11.3. The fourth-order valence-corrected chi connectivity index (χ4v) is 2.06. The van der Waals surface area contributed by atoms with Gasteiger partial charge in [0.1, 0.15) is 0 Å². The molecule has 6 nitrogen and oxygen atoms in total. The number of aromatic nitrogens is 4. The van der Waals surface area contributed by atoms with Crippen LogP contribution in [0.4, 0.5) is 18.9 Å². The Bertz CT molecular complexity index is 859. The smallest absolute Gasteiger partial charge is 0.321 e. The van der Waals surface area contributed by atoms with Gasteiger partial charge < -0.3 is 5.32 Å². The van der Waals surface area contributed by atoms with Crippen LogP contribution in [-0.4, -0.2) is 25.7 Å². The van der Waals surface area contributed by atoms with Crippen LogP contribution in [0.3, 0.4) is 0 Å².